The second kappa shape index (κ2) is 7.74. The number of hydrogen-bond acceptors (Lipinski definition) is 2. The molecule has 2 aliphatic rings. The number of nitrogen functional groups attached to an aromatic ring is 2. The molecule has 188 valence electrons. The van der Waals surface area contributed by atoms with Crippen molar-refractivity contribution in [3.8, 4) is 22.3 Å². The van der Waals surface area contributed by atoms with E-state index in [1.54, 1.807) is 0 Å². The van der Waals surface area contributed by atoms with E-state index in [0.717, 1.165) is 24.2 Å². The Morgan fingerprint density at radius 2 is 0.865 bits per heavy atom. The summed E-state index contributed by atoms with van der Waals surface area (Å²) in [5.74, 6) is 0. The summed E-state index contributed by atoms with van der Waals surface area (Å²) in [4.78, 5) is 0. The fourth-order valence-corrected chi connectivity index (χ4v) is 8.08. The van der Waals surface area contributed by atoms with Crippen molar-refractivity contribution in [1.82, 2.24) is 0 Å². The number of benzene rings is 4. The number of rotatable bonds is 2. The number of hydrogen-bond donors (Lipinski definition) is 2. The summed E-state index contributed by atoms with van der Waals surface area (Å²) in [5.41, 5.74) is 27.7. The lowest BCUT2D eigenvalue weighted by Gasteiger charge is -2.31. The van der Waals surface area contributed by atoms with Crippen molar-refractivity contribution in [1.29, 1.82) is 0 Å². The summed E-state index contributed by atoms with van der Waals surface area (Å²) in [6, 6.07) is 26.4. The zero-order chi connectivity index (χ0) is 26.3. The van der Waals surface area contributed by atoms with E-state index >= 15 is 0 Å². The monoisotopic (exact) mass is 486 g/mol. The molecule has 0 aliphatic heterocycles. The smallest absolute Gasteiger partial charge is 0.0314 e. The molecule has 0 saturated heterocycles. The highest BCUT2D eigenvalue weighted by Crippen LogP contribution is 2.64. The maximum absolute atomic E-state index is 6.02. The molecule has 0 atom stereocenters. The van der Waals surface area contributed by atoms with E-state index in [1.165, 1.54) is 55.6 Å². The average Bonchev–Trinajstić information content (AvgIpc) is 3.20. The third kappa shape index (κ3) is 3.53. The minimum absolute atomic E-state index is 0.0131. The lowest BCUT2D eigenvalue weighted by Crippen LogP contribution is -2.27. The molecule has 2 aliphatic carbocycles. The molecule has 0 saturated carbocycles. The van der Waals surface area contributed by atoms with Gasteiger partial charge in [-0.15, -0.1) is 0 Å². The molecule has 0 aromatic heterocycles. The van der Waals surface area contributed by atoms with E-state index in [0.29, 0.717) is 0 Å². The van der Waals surface area contributed by atoms with Crippen molar-refractivity contribution >= 4 is 11.4 Å². The van der Waals surface area contributed by atoms with Gasteiger partial charge in [0, 0.05) is 16.8 Å². The van der Waals surface area contributed by atoms with Gasteiger partial charge in [0.05, 0.1) is 0 Å². The van der Waals surface area contributed by atoms with Gasteiger partial charge in [-0.05, 0) is 130 Å². The van der Waals surface area contributed by atoms with Crippen LogP contribution in [0.2, 0.25) is 0 Å². The second-order valence-corrected chi connectivity index (χ2v) is 12.9. The van der Waals surface area contributed by atoms with Crippen molar-refractivity contribution in [3.63, 3.8) is 0 Å². The van der Waals surface area contributed by atoms with Crippen LogP contribution in [0.3, 0.4) is 0 Å². The number of aryl methyl sites for hydroxylation is 2. The molecule has 0 unspecified atom stereocenters. The standard InChI is InChI=1S/C35H38N2/c1-21-15-25(23-7-11-27(36)12-8-23)17-29-31(21)33(3,4)19-35(29)20-34(5,6)32-22(2)16-26(18-30(32)35)24-9-13-28(37)14-10-24/h7-18H,19-20,36-37H2,1-6H3. The Hall–Kier alpha value is -3.52. The zero-order valence-electron chi connectivity index (χ0n) is 23.0. The van der Waals surface area contributed by atoms with E-state index in [-0.39, 0.29) is 16.2 Å². The number of anilines is 2. The largest absolute Gasteiger partial charge is 0.399 e. The second-order valence-electron chi connectivity index (χ2n) is 12.9. The fraction of sp³-hybridized carbons (Fsp3) is 0.314. The highest BCUT2D eigenvalue weighted by molar-refractivity contribution is 5.75. The molecule has 0 radical (unpaired) electrons. The van der Waals surface area contributed by atoms with Crippen LogP contribution in [0.4, 0.5) is 11.4 Å². The zero-order valence-corrected chi connectivity index (χ0v) is 23.0. The van der Waals surface area contributed by atoms with Crippen LogP contribution < -0.4 is 11.5 Å². The van der Waals surface area contributed by atoms with Gasteiger partial charge in [-0.25, -0.2) is 0 Å². The van der Waals surface area contributed by atoms with Gasteiger partial charge in [0.2, 0.25) is 0 Å². The molecule has 37 heavy (non-hydrogen) atoms. The van der Waals surface area contributed by atoms with Gasteiger partial charge in [-0.2, -0.15) is 0 Å². The highest BCUT2D eigenvalue weighted by atomic mass is 14.6. The molecule has 1 spiro atoms. The molecule has 0 amide bonds. The predicted octanol–water partition coefficient (Wildman–Crippen LogP) is 8.45. The minimum Gasteiger partial charge on any atom is -0.399 e. The van der Waals surface area contributed by atoms with Gasteiger partial charge in [-0.3, -0.25) is 0 Å². The summed E-state index contributed by atoms with van der Waals surface area (Å²) in [6.45, 7) is 14.4. The van der Waals surface area contributed by atoms with Gasteiger partial charge in [0.25, 0.3) is 0 Å². The molecular weight excluding hydrogens is 448 g/mol. The Balaban J connectivity index is 1.63. The van der Waals surface area contributed by atoms with E-state index in [9.17, 15) is 0 Å². The quantitative estimate of drug-likeness (QED) is 0.279. The third-order valence-electron chi connectivity index (χ3n) is 9.03. The van der Waals surface area contributed by atoms with Gasteiger partial charge in [0.1, 0.15) is 0 Å². The summed E-state index contributed by atoms with van der Waals surface area (Å²) in [7, 11) is 0. The predicted molar refractivity (Wildman–Crippen MR) is 158 cm³/mol. The topological polar surface area (TPSA) is 52.0 Å². The van der Waals surface area contributed by atoms with Crippen molar-refractivity contribution in [2.24, 2.45) is 0 Å². The Kier molecular flexibility index (Phi) is 4.99. The maximum Gasteiger partial charge on any atom is 0.0314 e. The first-order valence-electron chi connectivity index (χ1n) is 13.4. The Bertz CT molecular complexity index is 1420. The maximum atomic E-state index is 6.02. The van der Waals surface area contributed by atoms with Gasteiger partial charge in [-0.1, -0.05) is 64.1 Å². The molecule has 2 heteroatoms. The molecule has 0 bridgehead atoms. The van der Waals surface area contributed by atoms with Crippen LogP contribution in [0.5, 0.6) is 0 Å². The third-order valence-corrected chi connectivity index (χ3v) is 9.03. The molecule has 0 heterocycles. The first kappa shape index (κ1) is 23.9. The van der Waals surface area contributed by atoms with Crippen molar-refractivity contribution < 1.29 is 0 Å². The summed E-state index contributed by atoms with van der Waals surface area (Å²) >= 11 is 0. The van der Waals surface area contributed by atoms with Crippen LogP contribution in [-0.2, 0) is 16.2 Å². The summed E-state index contributed by atoms with van der Waals surface area (Å²) in [6.07, 6.45) is 2.25. The molecule has 2 nitrogen and oxygen atoms in total. The van der Waals surface area contributed by atoms with Crippen LogP contribution in [0.15, 0.2) is 72.8 Å². The van der Waals surface area contributed by atoms with E-state index in [1.807, 2.05) is 24.3 Å². The Morgan fingerprint density at radius 3 is 1.22 bits per heavy atom. The summed E-state index contributed by atoms with van der Waals surface area (Å²) < 4.78 is 0. The first-order valence-corrected chi connectivity index (χ1v) is 13.4. The van der Waals surface area contributed by atoms with E-state index in [4.69, 9.17) is 11.5 Å². The number of nitrogens with two attached hydrogens (primary N) is 2. The van der Waals surface area contributed by atoms with E-state index in [2.05, 4.69) is 90.1 Å². The van der Waals surface area contributed by atoms with Crippen molar-refractivity contribution in [2.45, 2.75) is 70.6 Å². The van der Waals surface area contributed by atoms with Crippen LogP contribution in [0.25, 0.3) is 22.3 Å². The molecule has 4 aromatic carbocycles. The first-order chi connectivity index (χ1) is 17.4. The number of fused-ring (bicyclic) bond motifs is 4. The SMILES string of the molecule is Cc1cc(-c2ccc(N)cc2)cc2c1C(C)(C)CC21CC(C)(C)c2c(C)cc(-c3ccc(N)cc3)cc21. The molecule has 0 fully saturated rings. The van der Waals surface area contributed by atoms with Gasteiger partial charge in [0.15, 0.2) is 0 Å². The lowest BCUT2D eigenvalue weighted by molar-refractivity contribution is 0.349. The van der Waals surface area contributed by atoms with Gasteiger partial charge >= 0.3 is 0 Å². The molecule has 6 rings (SSSR count). The Morgan fingerprint density at radius 1 is 0.514 bits per heavy atom. The van der Waals surface area contributed by atoms with Crippen LogP contribution in [0, 0.1) is 13.8 Å². The van der Waals surface area contributed by atoms with Gasteiger partial charge < -0.3 is 11.5 Å². The van der Waals surface area contributed by atoms with Crippen molar-refractivity contribution in [3.05, 3.63) is 106 Å². The van der Waals surface area contributed by atoms with E-state index < -0.39 is 0 Å². The highest BCUT2D eigenvalue weighted by Gasteiger charge is 2.57. The van der Waals surface area contributed by atoms with Crippen LogP contribution in [0.1, 0.15) is 73.9 Å². The Labute approximate surface area is 221 Å². The molecule has 4 N–H and O–H groups in total. The lowest BCUT2D eigenvalue weighted by atomic mass is 9.72. The summed E-state index contributed by atoms with van der Waals surface area (Å²) in [5, 5.41) is 0. The van der Waals surface area contributed by atoms with Crippen molar-refractivity contribution in [2.75, 3.05) is 11.5 Å². The normalized spacial score (nSPS) is 18.1. The molecular formula is C35H38N2. The minimum atomic E-state index is -0.0131. The van der Waals surface area contributed by atoms with Crippen LogP contribution >= 0.6 is 0 Å². The average molecular weight is 487 g/mol. The van der Waals surface area contributed by atoms with Crippen LogP contribution in [-0.4, -0.2) is 0 Å². The fourth-order valence-electron chi connectivity index (χ4n) is 8.08. The molecule has 4 aromatic rings.